The summed E-state index contributed by atoms with van der Waals surface area (Å²) >= 11 is 0. The minimum absolute atomic E-state index is 0.639. The fourth-order valence-electron chi connectivity index (χ4n) is 11.0. The molecule has 0 spiro atoms. The van der Waals surface area contributed by atoms with Crippen LogP contribution in [-0.2, 0) is 0 Å². The van der Waals surface area contributed by atoms with Crippen molar-refractivity contribution in [2.45, 2.75) is 298 Å². The Morgan fingerprint density at radius 3 is 0.857 bits per heavy atom. The molecule has 4 aromatic rings. The van der Waals surface area contributed by atoms with E-state index in [-0.39, 0.29) is 0 Å². The quantitative estimate of drug-likeness (QED) is 0.0325. The summed E-state index contributed by atoms with van der Waals surface area (Å²) in [6.07, 6.45) is 54.4. The molecule has 4 aromatic carbocycles. The highest BCUT2D eigenvalue weighted by Gasteiger charge is 2.19. The summed E-state index contributed by atoms with van der Waals surface area (Å²) in [5, 5.41) is 0. The smallest absolute Gasteiger partial charge is 0.204 e. The summed E-state index contributed by atoms with van der Waals surface area (Å²) in [5.41, 5.74) is 7.00. The molecule has 4 rings (SSSR count). The van der Waals surface area contributed by atoms with Gasteiger partial charge in [0.2, 0.25) is 5.75 Å². The molecule has 0 heterocycles. The van der Waals surface area contributed by atoms with Crippen molar-refractivity contribution in [3.8, 4) is 39.9 Å². The number of unbranched alkanes of at least 4 members (excludes halogenated alkanes) is 35. The van der Waals surface area contributed by atoms with E-state index >= 15 is 0 Å². The zero-order valence-electron chi connectivity index (χ0n) is 54.8. The molecule has 0 amide bonds. The van der Waals surface area contributed by atoms with Gasteiger partial charge in [0.05, 0.1) is 44.4 Å². The van der Waals surface area contributed by atoms with Crippen molar-refractivity contribution in [3.63, 3.8) is 0 Å². The van der Waals surface area contributed by atoms with Crippen LogP contribution in [0, 0.1) is 6.92 Å². The predicted molar refractivity (Wildman–Crippen MR) is 365 cm³/mol. The number of rotatable bonds is 55. The average Bonchev–Trinajstić information content (AvgIpc) is 3.58. The van der Waals surface area contributed by atoms with Crippen molar-refractivity contribution >= 4 is 23.8 Å². The zero-order valence-corrected chi connectivity index (χ0v) is 54.8. The number of hydrogen-bond acceptors (Lipinski definition) is 7. The van der Waals surface area contributed by atoms with Crippen LogP contribution in [0.3, 0.4) is 0 Å². The first-order chi connectivity index (χ1) is 41.5. The van der Waals surface area contributed by atoms with Crippen molar-refractivity contribution in [3.05, 3.63) is 89.5 Å². The standard InChI is InChI=1S/C77H122N2O5/c1-7-12-17-22-27-32-37-42-59-80-73-58-53-70(76(83-62-45-40-35-30-25-20-15-10-4)77(73)84-63-46-41-36-31-26-21-16-11-5)65-79-72-56-51-68(52-57-72)67-49-54-71(55-50-67)78-64-69-48-47-66(6)74(81-60-43-38-33-28-23-18-13-8-2)75(69)82-61-44-39-34-29-24-19-14-9-3/h47-58,64-65H,7-46,59-63H2,1-6H3/b78-64+,79-65+. The monoisotopic (exact) mass is 1150 g/mol. The number of nitrogens with zero attached hydrogens (tertiary/aromatic N) is 2. The Morgan fingerprint density at radius 2 is 0.524 bits per heavy atom. The van der Waals surface area contributed by atoms with Crippen LogP contribution < -0.4 is 23.7 Å². The minimum Gasteiger partial charge on any atom is -0.490 e. The molecule has 0 N–H and O–H groups in total. The van der Waals surface area contributed by atoms with E-state index in [1.54, 1.807) is 0 Å². The fraction of sp³-hybridized carbons (Fsp3) is 0.662. The van der Waals surface area contributed by atoms with Gasteiger partial charge in [-0.3, -0.25) is 9.98 Å². The molecule has 0 bridgehead atoms. The number of aryl methyl sites for hydroxylation is 1. The van der Waals surface area contributed by atoms with Gasteiger partial charge in [-0.1, -0.05) is 290 Å². The molecule has 0 saturated heterocycles. The maximum atomic E-state index is 6.77. The SMILES string of the molecule is CCCCCCCCCCOc1ccc(/C=N/c2ccc(-c3ccc(/N=C/c4ccc(C)c(OCCCCCCCCCC)c4OCCCCCCCCCC)cc3)cc2)c(OCCCCCCCCCC)c1OCCCCCCCCCC. The van der Waals surface area contributed by atoms with E-state index in [1.165, 1.54) is 225 Å². The van der Waals surface area contributed by atoms with E-state index in [9.17, 15) is 0 Å². The number of ether oxygens (including phenoxy) is 5. The molecular formula is C77H122N2O5. The van der Waals surface area contributed by atoms with Crippen molar-refractivity contribution < 1.29 is 23.7 Å². The van der Waals surface area contributed by atoms with E-state index in [4.69, 9.17) is 33.7 Å². The summed E-state index contributed by atoms with van der Waals surface area (Å²) in [6.45, 7) is 16.9. The number of aliphatic imine (C=N–C) groups is 2. The lowest BCUT2D eigenvalue weighted by molar-refractivity contribution is 0.234. The normalized spacial score (nSPS) is 11.6. The first kappa shape index (κ1) is 71.7. The second-order valence-electron chi connectivity index (χ2n) is 24.2. The van der Waals surface area contributed by atoms with Gasteiger partial charge in [-0.15, -0.1) is 0 Å². The van der Waals surface area contributed by atoms with Gasteiger partial charge in [-0.25, -0.2) is 0 Å². The molecule has 7 nitrogen and oxygen atoms in total. The number of hydrogen-bond donors (Lipinski definition) is 0. The summed E-state index contributed by atoms with van der Waals surface area (Å²) in [7, 11) is 0. The summed E-state index contributed by atoms with van der Waals surface area (Å²) in [4.78, 5) is 10.0. The molecule has 0 atom stereocenters. The van der Waals surface area contributed by atoms with Gasteiger partial charge in [0.1, 0.15) is 0 Å². The average molecular weight is 1160 g/mol. The van der Waals surface area contributed by atoms with Crippen molar-refractivity contribution in [1.82, 2.24) is 0 Å². The third-order valence-corrected chi connectivity index (χ3v) is 16.5. The van der Waals surface area contributed by atoms with Gasteiger partial charge in [-0.05, 0) is 98.2 Å². The van der Waals surface area contributed by atoms with Gasteiger partial charge in [0, 0.05) is 23.6 Å². The Balaban J connectivity index is 1.48. The Hall–Kier alpha value is -4.78. The van der Waals surface area contributed by atoms with E-state index in [0.29, 0.717) is 33.0 Å². The molecule has 0 radical (unpaired) electrons. The molecular weight excluding hydrogens is 1030 g/mol. The maximum Gasteiger partial charge on any atom is 0.204 e. The maximum absolute atomic E-state index is 6.77. The van der Waals surface area contributed by atoms with Gasteiger partial charge < -0.3 is 23.7 Å². The van der Waals surface area contributed by atoms with Gasteiger partial charge in [0.15, 0.2) is 23.0 Å². The van der Waals surface area contributed by atoms with Gasteiger partial charge >= 0.3 is 0 Å². The summed E-state index contributed by atoms with van der Waals surface area (Å²) in [5.74, 6) is 3.95. The molecule has 84 heavy (non-hydrogen) atoms. The largest absolute Gasteiger partial charge is 0.490 e. The molecule has 0 aliphatic rings. The zero-order chi connectivity index (χ0) is 59.6. The summed E-state index contributed by atoms with van der Waals surface area (Å²) < 4.78 is 33.2. The third-order valence-electron chi connectivity index (χ3n) is 16.5. The highest BCUT2D eigenvalue weighted by molar-refractivity contribution is 5.89. The van der Waals surface area contributed by atoms with Gasteiger partial charge in [-0.2, -0.15) is 0 Å². The van der Waals surface area contributed by atoms with Crippen LogP contribution in [-0.4, -0.2) is 45.5 Å². The molecule has 0 aliphatic heterocycles. The third kappa shape index (κ3) is 32.1. The molecule has 470 valence electrons. The second kappa shape index (κ2) is 49.3. The van der Waals surface area contributed by atoms with Crippen LogP contribution in [0.25, 0.3) is 11.1 Å². The Kier molecular flexibility index (Phi) is 42.1. The van der Waals surface area contributed by atoms with Gasteiger partial charge in [0.25, 0.3) is 0 Å². The van der Waals surface area contributed by atoms with E-state index < -0.39 is 0 Å². The minimum atomic E-state index is 0.639. The van der Waals surface area contributed by atoms with Crippen molar-refractivity contribution in [2.75, 3.05) is 33.0 Å². The lowest BCUT2D eigenvalue weighted by Crippen LogP contribution is -2.08. The first-order valence-corrected chi connectivity index (χ1v) is 35.3. The van der Waals surface area contributed by atoms with E-state index in [0.717, 1.165) is 100 Å². The topological polar surface area (TPSA) is 70.9 Å². The van der Waals surface area contributed by atoms with E-state index in [1.807, 2.05) is 12.4 Å². The summed E-state index contributed by atoms with van der Waals surface area (Å²) in [6, 6.07) is 25.5. The highest BCUT2D eigenvalue weighted by Crippen LogP contribution is 2.41. The van der Waals surface area contributed by atoms with Crippen LogP contribution in [0.5, 0.6) is 28.7 Å². The fourth-order valence-corrected chi connectivity index (χ4v) is 11.0. The van der Waals surface area contributed by atoms with Crippen LogP contribution >= 0.6 is 0 Å². The highest BCUT2D eigenvalue weighted by atomic mass is 16.5. The molecule has 0 saturated carbocycles. The molecule has 0 aromatic heterocycles. The first-order valence-electron chi connectivity index (χ1n) is 35.3. The lowest BCUT2D eigenvalue weighted by atomic mass is 10.1. The Morgan fingerprint density at radius 1 is 0.262 bits per heavy atom. The molecule has 0 fully saturated rings. The molecule has 0 unspecified atom stereocenters. The Bertz CT molecular complexity index is 2250. The van der Waals surface area contributed by atoms with Crippen molar-refractivity contribution in [2.24, 2.45) is 9.98 Å². The lowest BCUT2D eigenvalue weighted by Gasteiger charge is -2.19. The van der Waals surface area contributed by atoms with Crippen LogP contribution in [0.15, 0.2) is 82.8 Å². The van der Waals surface area contributed by atoms with Crippen LogP contribution in [0.1, 0.15) is 308 Å². The molecule has 7 heteroatoms. The van der Waals surface area contributed by atoms with Crippen LogP contribution in [0.2, 0.25) is 0 Å². The Labute approximate surface area is 515 Å². The molecule has 0 aliphatic carbocycles. The van der Waals surface area contributed by atoms with Crippen LogP contribution in [0.4, 0.5) is 11.4 Å². The predicted octanol–water partition coefficient (Wildman–Crippen LogP) is 24.8. The van der Waals surface area contributed by atoms with E-state index in [2.05, 4.69) is 114 Å². The number of benzene rings is 4. The second-order valence-corrected chi connectivity index (χ2v) is 24.2. The van der Waals surface area contributed by atoms with Crippen molar-refractivity contribution in [1.29, 1.82) is 0 Å².